The van der Waals surface area contributed by atoms with Crippen LogP contribution in [0.25, 0.3) is 11.3 Å². The number of aromatic nitrogens is 1. The molecule has 1 amide bonds. The number of fused-ring (bicyclic) bond motifs is 1. The molecule has 0 atom stereocenters. The first kappa shape index (κ1) is 24.5. The minimum Gasteiger partial charge on any atom is -0.507 e. The Kier molecular flexibility index (Phi) is 6.66. The van der Waals surface area contributed by atoms with Crippen molar-refractivity contribution >= 4 is 29.2 Å². The summed E-state index contributed by atoms with van der Waals surface area (Å²) >= 11 is 1.45. The number of carboxylic acids is 1. The van der Waals surface area contributed by atoms with Crippen molar-refractivity contribution in [2.24, 2.45) is 0 Å². The van der Waals surface area contributed by atoms with Crippen LogP contribution in [0.2, 0.25) is 0 Å². The molecule has 184 valence electrons. The van der Waals surface area contributed by atoms with Gasteiger partial charge in [-0.05, 0) is 35.8 Å². The number of ether oxygens (including phenoxy) is 1. The van der Waals surface area contributed by atoms with E-state index in [4.69, 9.17) is 5.11 Å². The Morgan fingerprint density at radius 1 is 1.11 bits per heavy atom. The molecule has 0 saturated carbocycles. The summed E-state index contributed by atoms with van der Waals surface area (Å²) in [4.78, 5) is 36.5. The van der Waals surface area contributed by atoms with Crippen LogP contribution in [0.15, 0.2) is 47.0 Å². The molecule has 2 aromatic rings. The molecule has 35 heavy (non-hydrogen) atoms. The van der Waals surface area contributed by atoms with Crippen LogP contribution in [-0.2, 0) is 21.0 Å². The van der Waals surface area contributed by atoms with Crippen LogP contribution < -0.4 is 10.9 Å². The average molecular weight is 508 g/mol. The van der Waals surface area contributed by atoms with Gasteiger partial charge in [-0.15, -0.1) is 13.2 Å². The fourth-order valence-electron chi connectivity index (χ4n) is 3.95. The molecule has 1 aromatic carbocycles. The summed E-state index contributed by atoms with van der Waals surface area (Å²) in [6.45, 7) is -0.711. The lowest BCUT2D eigenvalue weighted by Gasteiger charge is -2.18. The normalized spacial score (nSPS) is 15.2. The van der Waals surface area contributed by atoms with Crippen LogP contribution in [-0.4, -0.2) is 39.6 Å². The lowest BCUT2D eigenvalue weighted by Crippen LogP contribution is -2.36. The van der Waals surface area contributed by atoms with Gasteiger partial charge in [0, 0.05) is 34.9 Å². The quantitative estimate of drug-likeness (QED) is 0.545. The molecule has 0 spiro atoms. The molecule has 8 nitrogen and oxygen atoms in total. The van der Waals surface area contributed by atoms with E-state index in [0.717, 1.165) is 11.1 Å². The van der Waals surface area contributed by atoms with Crippen molar-refractivity contribution in [2.45, 2.75) is 30.7 Å². The first-order chi connectivity index (χ1) is 16.5. The molecule has 0 radical (unpaired) electrons. The number of amides is 1. The van der Waals surface area contributed by atoms with E-state index in [1.807, 2.05) is 0 Å². The van der Waals surface area contributed by atoms with Crippen molar-refractivity contribution in [1.82, 2.24) is 9.88 Å². The van der Waals surface area contributed by atoms with Gasteiger partial charge in [0.15, 0.2) is 0 Å². The number of halogens is 3. The number of nitrogens with zero attached hydrogens (tertiary/aromatic N) is 1. The van der Waals surface area contributed by atoms with Crippen LogP contribution >= 0.6 is 11.8 Å². The number of benzene rings is 1. The summed E-state index contributed by atoms with van der Waals surface area (Å²) in [5.41, 5.74) is 1.61. The summed E-state index contributed by atoms with van der Waals surface area (Å²) in [5, 5.41) is 21.5. The molecule has 12 heteroatoms. The molecule has 0 unspecified atom stereocenters. The molecule has 3 N–H and O–H groups in total. The van der Waals surface area contributed by atoms with Gasteiger partial charge in [-0.25, -0.2) is 0 Å². The fraction of sp³-hybridized carbons (Fsp3) is 0.261. The van der Waals surface area contributed by atoms with Gasteiger partial charge in [0.2, 0.25) is 0 Å². The van der Waals surface area contributed by atoms with Crippen LogP contribution in [0.1, 0.15) is 40.0 Å². The van der Waals surface area contributed by atoms with Crippen molar-refractivity contribution in [3.05, 3.63) is 74.9 Å². The third-order valence-electron chi connectivity index (χ3n) is 5.52. The molecule has 1 aromatic heterocycles. The fourth-order valence-corrected chi connectivity index (χ4v) is 5.06. The van der Waals surface area contributed by atoms with Gasteiger partial charge in [0.05, 0.1) is 0 Å². The van der Waals surface area contributed by atoms with Gasteiger partial charge >= 0.3 is 12.3 Å². The lowest BCUT2D eigenvalue weighted by molar-refractivity contribution is -0.306. The van der Waals surface area contributed by atoms with Crippen LogP contribution in [0.4, 0.5) is 13.2 Å². The summed E-state index contributed by atoms with van der Waals surface area (Å²) < 4.78 is 42.5. The van der Waals surface area contributed by atoms with E-state index in [-0.39, 0.29) is 12.2 Å². The Morgan fingerprint density at radius 3 is 2.43 bits per heavy atom. The van der Waals surface area contributed by atoms with E-state index in [1.54, 1.807) is 30.3 Å². The molecular formula is C23H19F3N2O6S. The first-order valence-electron chi connectivity index (χ1n) is 10.4. The second kappa shape index (κ2) is 9.53. The predicted molar refractivity (Wildman–Crippen MR) is 121 cm³/mol. The second-order valence-corrected chi connectivity index (χ2v) is 8.76. The van der Waals surface area contributed by atoms with Gasteiger partial charge in [-0.3, -0.25) is 19.0 Å². The number of pyridine rings is 1. The highest BCUT2D eigenvalue weighted by Gasteiger charge is 2.32. The van der Waals surface area contributed by atoms with Gasteiger partial charge in [0.25, 0.3) is 11.5 Å². The Bertz CT molecular complexity index is 1310. The monoisotopic (exact) mass is 508 g/mol. The minimum atomic E-state index is -4.74. The molecule has 2 heterocycles. The first-order valence-corrected chi connectivity index (χ1v) is 11.5. The van der Waals surface area contributed by atoms with Crippen molar-refractivity contribution in [3.63, 3.8) is 0 Å². The Hall–Kier alpha value is -3.67. The second-order valence-electron chi connectivity index (χ2n) is 7.78. The van der Waals surface area contributed by atoms with Crippen LogP contribution in [0.3, 0.4) is 0 Å². The number of aromatic hydroxyl groups is 1. The van der Waals surface area contributed by atoms with Crippen LogP contribution in [0, 0.1) is 0 Å². The standard InChI is InChI=1S/C23H19F3N2O6S/c24-23(25,26)34-15-7-3-13(4-8-15)12-1-5-14(6-2-12)28-17-11-35-10-16(17)20(31)19(22(28)33)21(32)27-9-18(29)30/h1-3,5-7,31H,4,8-11H2,(H,27,32)(H,29,30). The van der Waals surface area contributed by atoms with Crippen molar-refractivity contribution in [1.29, 1.82) is 0 Å². The highest BCUT2D eigenvalue weighted by Crippen LogP contribution is 2.38. The molecular weight excluding hydrogens is 489 g/mol. The van der Waals surface area contributed by atoms with E-state index in [9.17, 15) is 32.7 Å². The number of hydrogen-bond donors (Lipinski definition) is 3. The highest BCUT2D eigenvalue weighted by atomic mass is 32.2. The van der Waals surface area contributed by atoms with E-state index in [2.05, 4.69) is 10.1 Å². The van der Waals surface area contributed by atoms with Gasteiger partial charge in [-0.1, -0.05) is 18.2 Å². The maximum Gasteiger partial charge on any atom is 0.572 e. The lowest BCUT2D eigenvalue weighted by atomic mass is 9.96. The van der Waals surface area contributed by atoms with Crippen molar-refractivity contribution in [2.75, 3.05) is 6.54 Å². The van der Waals surface area contributed by atoms with Crippen LogP contribution in [0.5, 0.6) is 5.75 Å². The van der Waals surface area contributed by atoms with E-state index in [1.165, 1.54) is 22.4 Å². The molecule has 0 saturated heterocycles. The number of carbonyl (C=O) groups is 2. The molecule has 0 fully saturated rings. The summed E-state index contributed by atoms with van der Waals surface area (Å²) in [7, 11) is 0. The molecule has 0 bridgehead atoms. The van der Waals surface area contributed by atoms with Gasteiger partial charge in [-0.2, -0.15) is 11.8 Å². The van der Waals surface area contributed by atoms with Crippen molar-refractivity contribution in [3.8, 4) is 11.4 Å². The molecule has 1 aliphatic carbocycles. The molecule has 1 aliphatic heterocycles. The number of carbonyl (C=O) groups excluding carboxylic acids is 1. The molecule has 2 aliphatic rings. The van der Waals surface area contributed by atoms with E-state index < -0.39 is 41.7 Å². The number of alkyl halides is 3. The number of allylic oxidation sites excluding steroid dienone is 4. The largest absolute Gasteiger partial charge is 0.572 e. The smallest absolute Gasteiger partial charge is 0.507 e. The van der Waals surface area contributed by atoms with E-state index in [0.29, 0.717) is 34.9 Å². The summed E-state index contributed by atoms with van der Waals surface area (Å²) in [5.74, 6) is -2.11. The van der Waals surface area contributed by atoms with Gasteiger partial charge in [0.1, 0.15) is 23.6 Å². The zero-order chi connectivity index (χ0) is 25.3. The Labute approximate surface area is 200 Å². The third kappa shape index (κ3) is 5.21. The Balaban J connectivity index is 1.68. The maximum atomic E-state index is 13.2. The van der Waals surface area contributed by atoms with Gasteiger partial charge < -0.3 is 20.3 Å². The number of rotatable bonds is 6. The number of thioether (sulfide) groups is 1. The predicted octanol–water partition coefficient (Wildman–Crippen LogP) is 3.70. The Morgan fingerprint density at radius 2 is 1.83 bits per heavy atom. The average Bonchev–Trinajstić information content (AvgIpc) is 3.28. The minimum absolute atomic E-state index is 0.0874. The number of aliphatic carboxylic acids is 1. The zero-order valence-corrected chi connectivity index (χ0v) is 18.8. The van der Waals surface area contributed by atoms with Crippen molar-refractivity contribution < 1.29 is 37.7 Å². The number of nitrogens with one attached hydrogen (secondary N) is 1. The van der Waals surface area contributed by atoms with E-state index >= 15 is 0 Å². The topological polar surface area (TPSA) is 118 Å². The third-order valence-corrected chi connectivity index (χ3v) is 6.49. The number of hydrogen-bond acceptors (Lipinski definition) is 6. The highest BCUT2D eigenvalue weighted by molar-refractivity contribution is 7.98. The summed E-state index contributed by atoms with van der Waals surface area (Å²) in [6.07, 6.45) is -1.50. The summed E-state index contributed by atoms with van der Waals surface area (Å²) in [6, 6.07) is 6.70. The SMILES string of the molecule is O=C(O)CNC(=O)c1c(O)c2c(n(-c3ccc(C4=CC=C(OC(F)(F)F)CC4)cc3)c1=O)CSC2. The molecule has 4 rings (SSSR count). The number of carboxylic acid groups (broad SMARTS) is 1. The zero-order valence-electron chi connectivity index (χ0n) is 18.0. The maximum absolute atomic E-state index is 13.2.